The monoisotopic (exact) mass is 463 g/mol. The van der Waals surface area contributed by atoms with Crippen LogP contribution in [-0.2, 0) is 6.67 Å². The molecule has 1 fully saturated rings. The molecule has 2 aromatic carbocycles. The zero-order valence-electron chi connectivity index (χ0n) is 17.3. The lowest BCUT2D eigenvalue weighted by Crippen LogP contribution is -2.41. The number of carbonyl (C=O) groups is 2. The highest BCUT2D eigenvalue weighted by atomic mass is 32.1. The maximum Gasteiger partial charge on any atom is 0.261 e. The molecule has 0 spiro atoms. The number of likely N-dealkylation sites (tertiary alicyclic amines) is 1. The number of thiazole rings is 1. The summed E-state index contributed by atoms with van der Waals surface area (Å²) in [5.41, 5.74) is 2.15. The van der Waals surface area contributed by atoms with Crippen molar-refractivity contribution in [1.29, 1.82) is 0 Å². The lowest BCUT2D eigenvalue weighted by Gasteiger charge is -2.33. The molecule has 0 bridgehead atoms. The first-order chi connectivity index (χ1) is 15.6. The summed E-state index contributed by atoms with van der Waals surface area (Å²) in [6.45, 7) is 2.93. The maximum absolute atomic E-state index is 12.6. The van der Waals surface area contributed by atoms with Crippen molar-refractivity contribution < 1.29 is 9.59 Å². The van der Waals surface area contributed by atoms with Crippen LogP contribution in [0.4, 0.5) is 0 Å². The molecule has 0 radical (unpaired) electrons. The minimum absolute atomic E-state index is 0.162. The van der Waals surface area contributed by atoms with E-state index in [1.165, 1.54) is 9.60 Å². The van der Waals surface area contributed by atoms with Gasteiger partial charge in [-0.15, -0.1) is 5.10 Å². The van der Waals surface area contributed by atoms with E-state index >= 15 is 0 Å². The molecular weight excluding hydrogens is 442 g/mol. The van der Waals surface area contributed by atoms with Crippen LogP contribution in [0.2, 0.25) is 0 Å². The van der Waals surface area contributed by atoms with Crippen LogP contribution in [0, 0.1) is 10.7 Å². The second kappa shape index (κ2) is 7.61. The number of hydrogen-bond donors (Lipinski definition) is 0. The van der Waals surface area contributed by atoms with Crippen molar-refractivity contribution in [1.82, 2.24) is 24.0 Å². The quantitative estimate of drug-likeness (QED) is 0.338. The molecule has 2 aliphatic rings. The number of hydrogen-bond acceptors (Lipinski definition) is 6. The summed E-state index contributed by atoms with van der Waals surface area (Å²) in [4.78, 5) is 30.0. The van der Waals surface area contributed by atoms with Crippen LogP contribution < -0.4 is 0 Å². The lowest BCUT2D eigenvalue weighted by molar-refractivity contribution is 0.0585. The summed E-state index contributed by atoms with van der Waals surface area (Å²) < 4.78 is 5.84. The highest BCUT2D eigenvalue weighted by Gasteiger charge is 2.36. The third-order valence-electron chi connectivity index (χ3n) is 6.48. The highest BCUT2D eigenvalue weighted by Crippen LogP contribution is 2.28. The minimum atomic E-state index is -0.162. The third-order valence-corrected chi connectivity index (χ3v) is 7.88. The van der Waals surface area contributed by atoms with E-state index in [1.807, 2.05) is 21.2 Å². The van der Waals surface area contributed by atoms with E-state index in [0.717, 1.165) is 36.4 Å². The van der Waals surface area contributed by atoms with Gasteiger partial charge in [0.2, 0.25) is 9.73 Å². The predicted octanol–water partition coefficient (Wildman–Crippen LogP) is 4.05. The Balaban J connectivity index is 1.12. The molecular formula is C23H21N5O2S2. The zero-order chi connectivity index (χ0) is 21.8. The summed E-state index contributed by atoms with van der Waals surface area (Å²) in [6.07, 6.45) is 1.87. The van der Waals surface area contributed by atoms with Gasteiger partial charge in [-0.3, -0.25) is 23.8 Å². The Bertz CT molecular complexity index is 1390. The number of aromatic nitrogens is 3. The second-order valence-corrected chi connectivity index (χ2v) is 9.81. The van der Waals surface area contributed by atoms with E-state index in [9.17, 15) is 9.59 Å². The molecule has 9 heteroatoms. The third kappa shape index (κ3) is 3.11. The molecule has 7 nitrogen and oxygen atoms in total. The van der Waals surface area contributed by atoms with E-state index in [4.69, 9.17) is 17.3 Å². The Labute approximate surface area is 193 Å². The molecule has 6 rings (SSSR count). The molecule has 2 amide bonds. The summed E-state index contributed by atoms with van der Waals surface area (Å²) in [5, 5.41) is 4.74. The van der Waals surface area contributed by atoms with Gasteiger partial charge in [0.05, 0.1) is 28.0 Å². The number of piperidine rings is 1. The molecule has 0 saturated carbocycles. The van der Waals surface area contributed by atoms with E-state index < -0.39 is 0 Å². The summed E-state index contributed by atoms with van der Waals surface area (Å²) in [7, 11) is 0. The van der Waals surface area contributed by atoms with Crippen LogP contribution in [-0.4, -0.2) is 55.4 Å². The predicted molar refractivity (Wildman–Crippen MR) is 126 cm³/mol. The topological polar surface area (TPSA) is 62.9 Å². The Hall–Kier alpha value is -2.88. The van der Waals surface area contributed by atoms with E-state index in [0.29, 0.717) is 35.0 Å². The Kier molecular flexibility index (Phi) is 4.71. The summed E-state index contributed by atoms with van der Waals surface area (Å²) in [5.74, 6) is -0.00912. The Morgan fingerprint density at radius 2 is 1.62 bits per heavy atom. The van der Waals surface area contributed by atoms with Gasteiger partial charge in [0.15, 0.2) is 0 Å². The molecule has 0 unspecified atom stereocenters. The first-order valence-corrected chi connectivity index (χ1v) is 12.0. The van der Waals surface area contributed by atoms with Crippen LogP contribution in [0.15, 0.2) is 48.5 Å². The molecule has 1 saturated heterocycles. The number of amides is 2. The van der Waals surface area contributed by atoms with Gasteiger partial charge in [-0.05, 0) is 55.2 Å². The number of carbonyl (C=O) groups excluding carboxylic acids is 2. The lowest BCUT2D eigenvalue weighted by atomic mass is 9.96. The highest BCUT2D eigenvalue weighted by molar-refractivity contribution is 7.71. The number of rotatable bonds is 4. The molecule has 0 atom stereocenters. The first-order valence-electron chi connectivity index (χ1n) is 10.7. The van der Waals surface area contributed by atoms with Crippen molar-refractivity contribution in [2.45, 2.75) is 19.5 Å². The largest absolute Gasteiger partial charge is 0.284 e. The normalized spacial score (nSPS) is 17.7. The van der Waals surface area contributed by atoms with Gasteiger partial charge in [0.1, 0.15) is 0 Å². The van der Waals surface area contributed by atoms with Crippen LogP contribution in [0.1, 0.15) is 33.6 Å². The van der Waals surface area contributed by atoms with Gasteiger partial charge < -0.3 is 0 Å². The fourth-order valence-corrected chi connectivity index (χ4v) is 6.11. The zero-order valence-corrected chi connectivity index (χ0v) is 18.9. The number of nitrogens with zero attached hydrogens (tertiary/aromatic N) is 5. The molecule has 4 heterocycles. The smallest absolute Gasteiger partial charge is 0.261 e. The van der Waals surface area contributed by atoms with Crippen LogP contribution in [0.3, 0.4) is 0 Å². The van der Waals surface area contributed by atoms with Crippen LogP contribution in [0.5, 0.6) is 0 Å². The van der Waals surface area contributed by atoms with Crippen molar-refractivity contribution in [2.24, 2.45) is 5.92 Å². The fourth-order valence-electron chi connectivity index (χ4n) is 4.74. The number of para-hydroxylation sites is 1. The van der Waals surface area contributed by atoms with Gasteiger partial charge in [0, 0.05) is 19.6 Å². The Morgan fingerprint density at radius 1 is 0.969 bits per heavy atom. The summed E-state index contributed by atoms with van der Waals surface area (Å²) in [6, 6.07) is 15.3. The molecule has 2 aliphatic heterocycles. The van der Waals surface area contributed by atoms with E-state index in [1.54, 1.807) is 35.6 Å². The van der Waals surface area contributed by atoms with E-state index in [2.05, 4.69) is 17.0 Å². The first kappa shape index (κ1) is 19.8. The van der Waals surface area contributed by atoms with Gasteiger partial charge in [-0.2, -0.15) is 0 Å². The fraction of sp³-hybridized carbons (Fsp3) is 0.304. The van der Waals surface area contributed by atoms with Gasteiger partial charge in [-0.1, -0.05) is 35.6 Å². The van der Waals surface area contributed by atoms with Gasteiger partial charge in [0.25, 0.3) is 11.8 Å². The SMILES string of the molecule is O=C1c2ccccc2C(=O)N1CC1CCN(Cn2nc3sc4ccccc4n3c2=S)CC1. The molecule has 0 aliphatic carbocycles. The minimum Gasteiger partial charge on any atom is -0.284 e. The van der Waals surface area contributed by atoms with Crippen molar-refractivity contribution >= 4 is 50.5 Å². The van der Waals surface area contributed by atoms with Gasteiger partial charge >= 0.3 is 0 Å². The molecule has 2 aromatic heterocycles. The average molecular weight is 464 g/mol. The van der Waals surface area contributed by atoms with Crippen LogP contribution >= 0.6 is 23.6 Å². The maximum atomic E-state index is 12.6. The molecule has 32 heavy (non-hydrogen) atoms. The van der Waals surface area contributed by atoms with Crippen molar-refractivity contribution in [2.75, 3.05) is 19.6 Å². The number of fused-ring (bicyclic) bond motifs is 4. The standard InChI is InChI=1S/C23H21N5O2S2/c29-20-16-5-1-2-6-17(16)21(30)26(20)13-15-9-11-25(12-10-15)14-27-23(31)28-18-7-3-4-8-19(18)32-22(28)24-27/h1-8,15H,9-14H2. The number of imide groups is 1. The van der Waals surface area contributed by atoms with E-state index in [-0.39, 0.29) is 11.8 Å². The van der Waals surface area contributed by atoms with Crippen molar-refractivity contribution in [3.8, 4) is 0 Å². The average Bonchev–Trinajstić information content (AvgIpc) is 3.41. The number of benzene rings is 2. The van der Waals surface area contributed by atoms with Crippen LogP contribution in [0.25, 0.3) is 15.2 Å². The molecule has 0 N–H and O–H groups in total. The molecule has 4 aromatic rings. The Morgan fingerprint density at radius 3 is 2.34 bits per heavy atom. The van der Waals surface area contributed by atoms with Gasteiger partial charge in [-0.25, -0.2) is 4.68 Å². The molecule has 162 valence electrons. The second-order valence-electron chi connectivity index (χ2n) is 8.44. The van der Waals surface area contributed by atoms with Crippen molar-refractivity contribution in [3.05, 3.63) is 64.4 Å². The summed E-state index contributed by atoms with van der Waals surface area (Å²) >= 11 is 7.37. The van der Waals surface area contributed by atoms with Crippen molar-refractivity contribution in [3.63, 3.8) is 0 Å².